The molecule has 0 N–H and O–H groups in total. The Hall–Kier alpha value is -2.76. The first-order valence-electron chi connectivity index (χ1n) is 8.72. The molecule has 0 aliphatic carbocycles. The van der Waals surface area contributed by atoms with Crippen LogP contribution in [0.25, 0.3) is 11.0 Å². The monoisotopic (exact) mass is 335 g/mol. The van der Waals surface area contributed by atoms with E-state index in [1.165, 1.54) is 0 Å². The van der Waals surface area contributed by atoms with E-state index in [-0.39, 0.29) is 11.9 Å². The number of likely N-dealkylation sites (tertiary alicyclic amines) is 1. The topological polar surface area (TPSA) is 63.9 Å². The summed E-state index contributed by atoms with van der Waals surface area (Å²) in [7, 11) is 0. The van der Waals surface area contributed by atoms with Crippen LogP contribution in [0.2, 0.25) is 0 Å². The SMILES string of the molecule is CC(C(=O)N1CCC(c2ccc3cccnc3n2)CC1)n1cccn1. The van der Waals surface area contributed by atoms with Crippen molar-refractivity contribution in [3.05, 3.63) is 54.6 Å². The van der Waals surface area contributed by atoms with Gasteiger partial charge in [0.2, 0.25) is 5.91 Å². The van der Waals surface area contributed by atoms with E-state index in [1.54, 1.807) is 17.1 Å². The second-order valence-corrected chi connectivity index (χ2v) is 6.55. The van der Waals surface area contributed by atoms with Crippen molar-refractivity contribution < 1.29 is 4.79 Å². The Labute approximate surface area is 146 Å². The second-order valence-electron chi connectivity index (χ2n) is 6.55. The van der Waals surface area contributed by atoms with Gasteiger partial charge in [-0.1, -0.05) is 0 Å². The summed E-state index contributed by atoms with van der Waals surface area (Å²) >= 11 is 0. The molecule has 3 aromatic rings. The van der Waals surface area contributed by atoms with Crippen LogP contribution in [0.3, 0.4) is 0 Å². The number of fused-ring (bicyclic) bond motifs is 1. The van der Waals surface area contributed by atoms with Gasteiger partial charge in [0, 0.05) is 48.7 Å². The lowest BCUT2D eigenvalue weighted by molar-refractivity contribution is -0.135. The van der Waals surface area contributed by atoms with Crippen LogP contribution in [0.1, 0.15) is 37.4 Å². The molecule has 0 aromatic carbocycles. The Morgan fingerprint density at radius 1 is 1.16 bits per heavy atom. The molecule has 25 heavy (non-hydrogen) atoms. The molecule has 0 radical (unpaired) electrons. The highest BCUT2D eigenvalue weighted by Crippen LogP contribution is 2.28. The van der Waals surface area contributed by atoms with Gasteiger partial charge in [-0.3, -0.25) is 9.48 Å². The zero-order valence-electron chi connectivity index (χ0n) is 14.2. The van der Waals surface area contributed by atoms with Gasteiger partial charge in [-0.15, -0.1) is 0 Å². The predicted molar refractivity (Wildman–Crippen MR) is 95.0 cm³/mol. The van der Waals surface area contributed by atoms with Gasteiger partial charge in [0.25, 0.3) is 0 Å². The normalized spacial score (nSPS) is 16.9. The quantitative estimate of drug-likeness (QED) is 0.738. The minimum Gasteiger partial charge on any atom is -0.341 e. The summed E-state index contributed by atoms with van der Waals surface area (Å²) < 4.78 is 1.71. The van der Waals surface area contributed by atoms with Crippen LogP contribution >= 0.6 is 0 Å². The minimum atomic E-state index is -0.255. The van der Waals surface area contributed by atoms with Gasteiger partial charge in [-0.2, -0.15) is 5.10 Å². The van der Waals surface area contributed by atoms with Crippen molar-refractivity contribution in [1.29, 1.82) is 0 Å². The standard InChI is InChI=1S/C19H21N5O/c1-14(24-11-3-10-21-24)19(25)23-12-7-15(8-13-23)17-6-5-16-4-2-9-20-18(16)22-17/h2-6,9-11,14-15H,7-8,12-13H2,1H3. The van der Waals surface area contributed by atoms with E-state index in [9.17, 15) is 4.79 Å². The van der Waals surface area contributed by atoms with E-state index in [2.05, 4.69) is 22.2 Å². The number of hydrogen-bond acceptors (Lipinski definition) is 4. The second kappa shape index (κ2) is 6.63. The fourth-order valence-corrected chi connectivity index (χ4v) is 3.48. The Balaban J connectivity index is 1.43. The summed E-state index contributed by atoms with van der Waals surface area (Å²) in [5.74, 6) is 0.519. The summed E-state index contributed by atoms with van der Waals surface area (Å²) in [5, 5.41) is 5.24. The highest BCUT2D eigenvalue weighted by atomic mass is 16.2. The number of carbonyl (C=O) groups is 1. The van der Waals surface area contributed by atoms with Crippen LogP contribution in [-0.4, -0.2) is 43.6 Å². The lowest BCUT2D eigenvalue weighted by atomic mass is 9.92. The van der Waals surface area contributed by atoms with Crippen LogP contribution in [-0.2, 0) is 4.79 Å². The molecule has 1 atom stereocenters. The van der Waals surface area contributed by atoms with Gasteiger partial charge >= 0.3 is 0 Å². The highest BCUT2D eigenvalue weighted by Gasteiger charge is 2.28. The summed E-state index contributed by atoms with van der Waals surface area (Å²) in [6.45, 7) is 3.42. The Bertz CT molecular complexity index is 868. The highest BCUT2D eigenvalue weighted by molar-refractivity contribution is 5.80. The molecular weight excluding hydrogens is 314 g/mol. The number of amides is 1. The third-order valence-corrected chi connectivity index (χ3v) is 4.99. The van der Waals surface area contributed by atoms with E-state index in [0.717, 1.165) is 42.7 Å². The predicted octanol–water partition coefficient (Wildman–Crippen LogP) is 2.79. The van der Waals surface area contributed by atoms with Crippen molar-refractivity contribution in [3.8, 4) is 0 Å². The number of hydrogen-bond donors (Lipinski definition) is 0. The number of aromatic nitrogens is 4. The van der Waals surface area contributed by atoms with Gasteiger partial charge in [-0.25, -0.2) is 9.97 Å². The van der Waals surface area contributed by atoms with Crippen LogP contribution in [0.5, 0.6) is 0 Å². The summed E-state index contributed by atoms with van der Waals surface area (Å²) in [6.07, 6.45) is 7.18. The average molecular weight is 335 g/mol. The summed E-state index contributed by atoms with van der Waals surface area (Å²) in [6, 6.07) is 9.72. The molecule has 1 fully saturated rings. The Kier molecular flexibility index (Phi) is 4.17. The first-order chi connectivity index (χ1) is 12.2. The molecule has 6 heteroatoms. The van der Waals surface area contributed by atoms with Gasteiger partial charge in [0.1, 0.15) is 6.04 Å². The molecule has 1 aliphatic rings. The molecule has 4 rings (SSSR count). The number of nitrogens with zero attached hydrogens (tertiary/aromatic N) is 5. The molecule has 0 saturated carbocycles. The van der Waals surface area contributed by atoms with Crippen molar-refractivity contribution in [3.63, 3.8) is 0 Å². The molecule has 1 aliphatic heterocycles. The van der Waals surface area contributed by atoms with Crippen molar-refractivity contribution in [2.75, 3.05) is 13.1 Å². The number of rotatable bonds is 3. The maximum absolute atomic E-state index is 12.7. The molecule has 128 valence electrons. The average Bonchev–Trinajstić information content (AvgIpc) is 3.21. The van der Waals surface area contributed by atoms with Crippen molar-refractivity contribution in [2.45, 2.75) is 31.7 Å². The first-order valence-corrected chi connectivity index (χ1v) is 8.72. The number of piperidine rings is 1. The molecular formula is C19H21N5O. The molecule has 1 unspecified atom stereocenters. The zero-order chi connectivity index (χ0) is 17.2. The largest absolute Gasteiger partial charge is 0.341 e. The molecule has 0 bridgehead atoms. The van der Waals surface area contributed by atoms with Crippen molar-refractivity contribution in [2.24, 2.45) is 0 Å². The fraction of sp³-hybridized carbons (Fsp3) is 0.368. The first kappa shape index (κ1) is 15.7. The van der Waals surface area contributed by atoms with E-state index in [4.69, 9.17) is 4.98 Å². The molecule has 3 aromatic heterocycles. The third kappa shape index (κ3) is 3.12. The molecule has 1 amide bonds. The fourth-order valence-electron chi connectivity index (χ4n) is 3.48. The van der Waals surface area contributed by atoms with Gasteiger partial charge < -0.3 is 4.90 Å². The number of carbonyl (C=O) groups excluding carboxylic acids is 1. The van der Waals surface area contributed by atoms with Gasteiger partial charge in [-0.05, 0) is 50.1 Å². The van der Waals surface area contributed by atoms with Crippen molar-refractivity contribution >= 4 is 16.9 Å². The summed E-state index contributed by atoms with van der Waals surface area (Å²) in [5.41, 5.74) is 1.88. The van der Waals surface area contributed by atoms with Gasteiger partial charge in [0.15, 0.2) is 5.65 Å². The smallest absolute Gasteiger partial charge is 0.247 e. The molecule has 1 saturated heterocycles. The van der Waals surface area contributed by atoms with E-state index in [0.29, 0.717) is 5.92 Å². The summed E-state index contributed by atoms with van der Waals surface area (Å²) in [4.78, 5) is 23.7. The molecule has 4 heterocycles. The van der Waals surface area contributed by atoms with Crippen molar-refractivity contribution in [1.82, 2.24) is 24.6 Å². The minimum absolute atomic E-state index is 0.135. The zero-order valence-corrected chi connectivity index (χ0v) is 14.2. The maximum Gasteiger partial charge on any atom is 0.247 e. The molecule has 6 nitrogen and oxygen atoms in total. The van der Waals surface area contributed by atoms with Gasteiger partial charge in [0.05, 0.1) is 0 Å². The van der Waals surface area contributed by atoms with Crippen LogP contribution in [0, 0.1) is 0 Å². The third-order valence-electron chi connectivity index (χ3n) is 4.99. The van der Waals surface area contributed by atoms with E-state index < -0.39 is 0 Å². The van der Waals surface area contributed by atoms with E-state index in [1.807, 2.05) is 36.2 Å². The van der Waals surface area contributed by atoms with E-state index >= 15 is 0 Å². The Morgan fingerprint density at radius 3 is 2.76 bits per heavy atom. The number of pyridine rings is 2. The lowest BCUT2D eigenvalue weighted by Crippen LogP contribution is -2.41. The van der Waals surface area contributed by atoms with Crippen LogP contribution in [0.4, 0.5) is 0 Å². The van der Waals surface area contributed by atoms with Crippen LogP contribution in [0.15, 0.2) is 48.9 Å². The molecule has 0 spiro atoms. The Morgan fingerprint density at radius 2 is 2.00 bits per heavy atom. The maximum atomic E-state index is 12.7. The lowest BCUT2D eigenvalue weighted by Gasteiger charge is -2.33. The van der Waals surface area contributed by atoms with Crippen LogP contribution < -0.4 is 0 Å².